The maximum Gasteiger partial charge on any atom is 0.266 e. The maximum absolute atomic E-state index is 12.7. The molecule has 5 nitrogen and oxygen atoms in total. The van der Waals surface area contributed by atoms with Crippen LogP contribution in [-0.4, -0.2) is 32.6 Å². The van der Waals surface area contributed by atoms with Gasteiger partial charge in [-0.15, -0.1) is 11.3 Å². The number of carbonyl (C=O) groups excluding carboxylic acids is 2. The molecular formula is C25H23N3O2S3. The number of nitrogens with one attached hydrogen (secondary N) is 1. The van der Waals surface area contributed by atoms with Crippen molar-refractivity contribution in [2.75, 3.05) is 11.9 Å². The van der Waals surface area contributed by atoms with Crippen LogP contribution in [0.4, 0.5) is 5.13 Å². The van der Waals surface area contributed by atoms with Crippen molar-refractivity contribution in [1.82, 2.24) is 9.88 Å². The van der Waals surface area contributed by atoms with Crippen molar-refractivity contribution in [2.45, 2.75) is 26.2 Å². The van der Waals surface area contributed by atoms with Crippen LogP contribution in [0, 0.1) is 6.92 Å². The zero-order valence-electron chi connectivity index (χ0n) is 18.1. The summed E-state index contributed by atoms with van der Waals surface area (Å²) in [5.41, 5.74) is 3.41. The van der Waals surface area contributed by atoms with Gasteiger partial charge in [0.1, 0.15) is 4.32 Å². The first kappa shape index (κ1) is 23.4. The summed E-state index contributed by atoms with van der Waals surface area (Å²) < 4.78 is 0.531. The van der Waals surface area contributed by atoms with Gasteiger partial charge in [-0.25, -0.2) is 4.98 Å². The predicted molar refractivity (Wildman–Crippen MR) is 140 cm³/mol. The highest BCUT2D eigenvalue weighted by Gasteiger charge is 2.31. The molecule has 8 heteroatoms. The van der Waals surface area contributed by atoms with Gasteiger partial charge in [-0.05, 0) is 30.5 Å². The van der Waals surface area contributed by atoms with E-state index in [1.54, 1.807) is 4.90 Å². The molecule has 1 fully saturated rings. The summed E-state index contributed by atoms with van der Waals surface area (Å²) in [6.07, 6.45) is 5.27. The molecule has 1 aliphatic rings. The second kappa shape index (κ2) is 10.9. The molecule has 0 bridgehead atoms. The molecule has 1 aliphatic heterocycles. The number of thiocarbonyl (C=S) groups is 1. The van der Waals surface area contributed by atoms with Crippen LogP contribution in [-0.2, 0) is 16.0 Å². The second-order valence-corrected chi connectivity index (χ2v) is 10.5. The molecule has 168 valence electrons. The number of thioether (sulfide) groups is 1. The number of rotatable bonds is 8. The van der Waals surface area contributed by atoms with Gasteiger partial charge in [-0.3, -0.25) is 14.5 Å². The van der Waals surface area contributed by atoms with E-state index in [1.807, 2.05) is 48.7 Å². The summed E-state index contributed by atoms with van der Waals surface area (Å²) in [6, 6.07) is 18.0. The molecule has 2 aromatic carbocycles. The van der Waals surface area contributed by atoms with Crippen molar-refractivity contribution in [1.29, 1.82) is 0 Å². The highest BCUT2D eigenvalue weighted by molar-refractivity contribution is 8.26. The smallest absolute Gasteiger partial charge is 0.266 e. The number of carbonyl (C=O) groups is 2. The molecule has 2 heterocycles. The first-order valence-electron chi connectivity index (χ1n) is 10.6. The van der Waals surface area contributed by atoms with Crippen molar-refractivity contribution in [3.8, 4) is 0 Å². The highest BCUT2D eigenvalue weighted by Crippen LogP contribution is 2.32. The van der Waals surface area contributed by atoms with Crippen molar-refractivity contribution in [3.63, 3.8) is 0 Å². The van der Waals surface area contributed by atoms with Gasteiger partial charge in [-0.2, -0.15) is 0 Å². The zero-order chi connectivity index (χ0) is 23.2. The Morgan fingerprint density at radius 2 is 2.00 bits per heavy atom. The normalized spacial score (nSPS) is 14.8. The van der Waals surface area contributed by atoms with Gasteiger partial charge in [0.15, 0.2) is 5.13 Å². The van der Waals surface area contributed by atoms with Gasteiger partial charge < -0.3 is 5.32 Å². The summed E-state index contributed by atoms with van der Waals surface area (Å²) in [5, 5.41) is 3.46. The second-order valence-electron chi connectivity index (χ2n) is 7.69. The fourth-order valence-electron chi connectivity index (χ4n) is 3.44. The lowest BCUT2D eigenvalue weighted by atomic mass is 10.1. The lowest BCUT2D eigenvalue weighted by Gasteiger charge is -2.13. The SMILES string of the molecule is Cc1cccc(Cc2cnc(NC(=O)CCCN3C(=O)/C(=C\c4ccccc4)SC3=S)s2)c1. The molecule has 0 atom stereocenters. The number of anilines is 1. The largest absolute Gasteiger partial charge is 0.302 e. The fraction of sp³-hybridized carbons (Fsp3) is 0.200. The van der Waals surface area contributed by atoms with Crippen LogP contribution >= 0.6 is 35.3 Å². The average Bonchev–Trinajstić information content (AvgIpc) is 3.33. The van der Waals surface area contributed by atoms with Crippen LogP contribution in [0.2, 0.25) is 0 Å². The lowest BCUT2D eigenvalue weighted by Crippen LogP contribution is -2.29. The number of aryl methyl sites for hydroxylation is 1. The van der Waals surface area contributed by atoms with E-state index in [2.05, 4.69) is 35.4 Å². The maximum atomic E-state index is 12.7. The number of thiazole rings is 1. The highest BCUT2D eigenvalue weighted by atomic mass is 32.2. The Morgan fingerprint density at radius 1 is 1.18 bits per heavy atom. The van der Waals surface area contributed by atoms with Crippen molar-refractivity contribution in [2.24, 2.45) is 0 Å². The Hall–Kier alpha value is -2.81. The third-order valence-corrected chi connectivity index (χ3v) is 7.31. The molecule has 0 unspecified atom stereocenters. The minimum Gasteiger partial charge on any atom is -0.302 e. The molecule has 33 heavy (non-hydrogen) atoms. The topological polar surface area (TPSA) is 62.3 Å². The van der Waals surface area contributed by atoms with Gasteiger partial charge in [-0.1, -0.05) is 84.1 Å². The van der Waals surface area contributed by atoms with E-state index in [1.165, 1.54) is 34.2 Å². The summed E-state index contributed by atoms with van der Waals surface area (Å²) in [5.74, 6) is -0.216. The third kappa shape index (κ3) is 6.37. The third-order valence-electron chi connectivity index (χ3n) is 5.02. The van der Waals surface area contributed by atoms with E-state index >= 15 is 0 Å². The Labute approximate surface area is 206 Å². The van der Waals surface area contributed by atoms with E-state index in [4.69, 9.17) is 12.2 Å². The van der Waals surface area contributed by atoms with Crippen LogP contribution < -0.4 is 5.32 Å². The molecule has 2 amide bonds. The van der Waals surface area contributed by atoms with Gasteiger partial charge in [0.2, 0.25) is 5.91 Å². The van der Waals surface area contributed by atoms with Gasteiger partial charge in [0.25, 0.3) is 5.91 Å². The monoisotopic (exact) mass is 493 g/mol. The van der Waals surface area contributed by atoms with Gasteiger partial charge >= 0.3 is 0 Å². The van der Waals surface area contributed by atoms with Crippen LogP contribution in [0.15, 0.2) is 65.7 Å². The summed E-state index contributed by atoms with van der Waals surface area (Å²) in [4.78, 5) is 32.7. The average molecular weight is 494 g/mol. The first-order valence-corrected chi connectivity index (χ1v) is 12.6. The predicted octanol–water partition coefficient (Wildman–Crippen LogP) is 5.66. The Morgan fingerprint density at radius 3 is 2.79 bits per heavy atom. The van der Waals surface area contributed by atoms with E-state index in [0.29, 0.717) is 33.7 Å². The fourth-order valence-corrected chi connectivity index (χ4v) is 5.61. The van der Waals surface area contributed by atoms with E-state index in [0.717, 1.165) is 16.9 Å². The molecule has 4 rings (SSSR count). The summed E-state index contributed by atoms with van der Waals surface area (Å²) in [7, 11) is 0. The molecule has 1 N–H and O–H groups in total. The molecule has 3 aromatic rings. The van der Waals surface area contributed by atoms with Crippen LogP contribution in [0.25, 0.3) is 6.08 Å². The zero-order valence-corrected chi connectivity index (χ0v) is 20.6. The minimum absolute atomic E-state index is 0.102. The molecule has 1 saturated heterocycles. The van der Waals surface area contributed by atoms with Crippen molar-refractivity contribution in [3.05, 3.63) is 87.3 Å². The number of amides is 2. The molecular weight excluding hydrogens is 470 g/mol. The number of hydrogen-bond acceptors (Lipinski definition) is 6. The number of hydrogen-bond donors (Lipinski definition) is 1. The standard InChI is InChI=1S/C25H23N3O2S3/c1-17-7-5-10-19(13-17)14-20-16-26-24(32-20)27-22(29)11-6-12-28-23(30)21(33-25(28)31)15-18-8-3-2-4-9-18/h2-5,7-10,13,15-16H,6,11-12,14H2,1H3,(H,26,27,29)/b21-15+. The molecule has 0 saturated carbocycles. The van der Waals surface area contributed by atoms with Crippen LogP contribution in [0.3, 0.4) is 0 Å². The molecule has 1 aromatic heterocycles. The quantitative estimate of drug-likeness (QED) is 0.324. The Bertz CT molecular complexity index is 1200. The number of benzene rings is 2. The first-order chi connectivity index (χ1) is 16.0. The molecule has 0 aliphatic carbocycles. The lowest BCUT2D eigenvalue weighted by molar-refractivity contribution is -0.122. The summed E-state index contributed by atoms with van der Waals surface area (Å²) in [6.45, 7) is 2.49. The molecule has 0 radical (unpaired) electrons. The van der Waals surface area contributed by atoms with Gasteiger partial charge in [0, 0.05) is 30.5 Å². The number of nitrogens with zero attached hydrogens (tertiary/aromatic N) is 2. The van der Waals surface area contributed by atoms with E-state index in [-0.39, 0.29) is 11.8 Å². The number of aromatic nitrogens is 1. The Balaban J connectivity index is 1.25. The molecule has 0 spiro atoms. The van der Waals surface area contributed by atoms with Gasteiger partial charge in [0.05, 0.1) is 4.91 Å². The summed E-state index contributed by atoms with van der Waals surface area (Å²) >= 11 is 8.16. The van der Waals surface area contributed by atoms with Crippen LogP contribution in [0.1, 0.15) is 34.4 Å². The van der Waals surface area contributed by atoms with E-state index < -0.39 is 0 Å². The van der Waals surface area contributed by atoms with Crippen molar-refractivity contribution >= 4 is 62.7 Å². The van der Waals surface area contributed by atoms with Crippen molar-refractivity contribution < 1.29 is 9.59 Å². The van der Waals surface area contributed by atoms with E-state index in [9.17, 15) is 9.59 Å². The minimum atomic E-state index is -0.114. The van der Waals surface area contributed by atoms with Crippen LogP contribution in [0.5, 0.6) is 0 Å². The Kier molecular flexibility index (Phi) is 7.69.